The highest BCUT2D eigenvalue weighted by molar-refractivity contribution is 6.01. The lowest BCUT2D eigenvalue weighted by atomic mass is 9.78. The molecule has 3 N–H and O–H groups in total. The van der Waals surface area contributed by atoms with Crippen molar-refractivity contribution >= 4 is 17.2 Å². The van der Waals surface area contributed by atoms with E-state index in [1.165, 1.54) is 18.2 Å². The molecule has 2 atom stereocenters. The highest BCUT2D eigenvalue weighted by atomic mass is 16.5. The molecular weight excluding hydrogens is 400 g/mol. The van der Waals surface area contributed by atoms with E-state index in [-0.39, 0.29) is 17.5 Å². The molecule has 5 heteroatoms. The average molecular weight is 427 g/mol. The van der Waals surface area contributed by atoms with Gasteiger partial charge in [0.15, 0.2) is 17.3 Å². The van der Waals surface area contributed by atoms with Crippen LogP contribution in [0.5, 0.6) is 11.5 Å². The zero-order valence-corrected chi connectivity index (χ0v) is 18.2. The number of rotatable bonds is 3. The fraction of sp³-hybridized carbons (Fsp3) is 0.222. The molecule has 32 heavy (non-hydrogen) atoms. The summed E-state index contributed by atoms with van der Waals surface area (Å²) in [5, 5.41) is 17.9. The standard InChI is InChI=1S/C27H26N2O3/c1-16-10-12-17(13-11-16)18-14-22-25(23(30)15-18)26(19-6-5-9-24(32-2)27(19)31)29-21-8-4-3-7-20(21)28-22/h3-13,18,26,28-29,31H,14-15H2,1-2H3. The van der Waals surface area contributed by atoms with Gasteiger partial charge >= 0.3 is 0 Å². The number of ketones is 1. The summed E-state index contributed by atoms with van der Waals surface area (Å²) in [4.78, 5) is 13.6. The molecule has 0 spiro atoms. The number of phenols is 1. The van der Waals surface area contributed by atoms with Crippen LogP contribution in [-0.4, -0.2) is 18.0 Å². The maximum absolute atomic E-state index is 13.6. The Bertz CT molecular complexity index is 1210. The van der Waals surface area contributed by atoms with Crippen molar-refractivity contribution in [1.82, 2.24) is 0 Å². The van der Waals surface area contributed by atoms with Crippen molar-refractivity contribution in [2.75, 3.05) is 17.7 Å². The van der Waals surface area contributed by atoms with Crippen LogP contribution >= 0.6 is 0 Å². The van der Waals surface area contributed by atoms with Crippen LogP contribution in [0.2, 0.25) is 0 Å². The summed E-state index contributed by atoms with van der Waals surface area (Å²) in [6.45, 7) is 2.07. The minimum absolute atomic E-state index is 0.0483. The minimum atomic E-state index is -0.484. The van der Waals surface area contributed by atoms with Crippen molar-refractivity contribution in [2.45, 2.75) is 31.7 Å². The number of phenolic OH excluding ortho intramolecular Hbond substituents is 1. The van der Waals surface area contributed by atoms with Crippen molar-refractivity contribution in [2.24, 2.45) is 0 Å². The van der Waals surface area contributed by atoms with Crippen molar-refractivity contribution in [3.63, 3.8) is 0 Å². The molecule has 5 rings (SSSR count). The lowest BCUT2D eigenvalue weighted by Crippen LogP contribution is -2.27. The number of methoxy groups -OCH3 is 1. The molecular formula is C27H26N2O3. The van der Waals surface area contributed by atoms with E-state index < -0.39 is 6.04 Å². The van der Waals surface area contributed by atoms with Gasteiger partial charge in [0.05, 0.1) is 24.5 Å². The average Bonchev–Trinajstić information content (AvgIpc) is 2.96. The Morgan fingerprint density at radius 3 is 2.44 bits per heavy atom. The largest absolute Gasteiger partial charge is 0.504 e. The van der Waals surface area contributed by atoms with Gasteiger partial charge in [-0.3, -0.25) is 4.79 Å². The smallest absolute Gasteiger partial charge is 0.163 e. The Kier molecular flexibility index (Phi) is 5.10. The Labute approximate surface area is 187 Å². The van der Waals surface area contributed by atoms with Gasteiger partial charge in [0.2, 0.25) is 0 Å². The number of Topliss-reactive ketones (excluding diaryl/α,β-unsaturated/α-hetero) is 1. The fourth-order valence-corrected chi connectivity index (χ4v) is 4.74. The first-order chi connectivity index (χ1) is 15.5. The molecule has 0 aromatic heterocycles. The number of para-hydroxylation sites is 3. The third-order valence-electron chi connectivity index (χ3n) is 6.42. The number of carbonyl (C=O) groups is 1. The molecule has 1 aliphatic carbocycles. The Morgan fingerprint density at radius 1 is 0.938 bits per heavy atom. The second-order valence-corrected chi connectivity index (χ2v) is 8.48. The van der Waals surface area contributed by atoms with E-state index in [0.29, 0.717) is 23.3 Å². The molecule has 2 aliphatic rings. The van der Waals surface area contributed by atoms with Gasteiger partial charge in [0.25, 0.3) is 0 Å². The number of benzene rings is 3. The van der Waals surface area contributed by atoms with Crippen LogP contribution in [0.4, 0.5) is 11.4 Å². The maximum atomic E-state index is 13.6. The Balaban J connectivity index is 1.63. The summed E-state index contributed by atoms with van der Waals surface area (Å²) in [5.41, 5.74) is 6.37. The summed E-state index contributed by atoms with van der Waals surface area (Å²) in [7, 11) is 1.53. The Morgan fingerprint density at radius 2 is 1.69 bits per heavy atom. The monoisotopic (exact) mass is 426 g/mol. The summed E-state index contributed by atoms with van der Waals surface area (Å²) < 4.78 is 5.33. The molecule has 2 unspecified atom stereocenters. The molecule has 3 aromatic carbocycles. The first-order valence-electron chi connectivity index (χ1n) is 10.9. The topological polar surface area (TPSA) is 70.6 Å². The predicted octanol–water partition coefficient (Wildman–Crippen LogP) is 5.69. The van der Waals surface area contributed by atoms with E-state index in [0.717, 1.165) is 23.5 Å². The number of fused-ring (bicyclic) bond motifs is 1. The van der Waals surface area contributed by atoms with Gasteiger partial charge in [-0.2, -0.15) is 0 Å². The van der Waals surface area contributed by atoms with Crippen molar-refractivity contribution in [1.29, 1.82) is 0 Å². The lowest BCUT2D eigenvalue weighted by molar-refractivity contribution is -0.116. The first kappa shape index (κ1) is 20.2. The van der Waals surface area contributed by atoms with Gasteiger partial charge in [-0.05, 0) is 43.0 Å². The Hall–Kier alpha value is -3.73. The van der Waals surface area contributed by atoms with Crippen LogP contribution in [0.1, 0.15) is 41.5 Å². The van der Waals surface area contributed by atoms with Gasteiger partial charge in [0.1, 0.15) is 0 Å². The molecule has 1 heterocycles. The van der Waals surface area contributed by atoms with Gasteiger partial charge in [-0.1, -0.05) is 54.1 Å². The van der Waals surface area contributed by atoms with Crippen molar-refractivity contribution < 1.29 is 14.6 Å². The third kappa shape index (κ3) is 3.50. The van der Waals surface area contributed by atoms with E-state index in [1.54, 1.807) is 6.07 Å². The van der Waals surface area contributed by atoms with Gasteiger partial charge in [-0.25, -0.2) is 0 Å². The van der Waals surface area contributed by atoms with Crippen LogP contribution in [0, 0.1) is 6.92 Å². The normalized spacial score (nSPS) is 19.9. The minimum Gasteiger partial charge on any atom is -0.504 e. The number of hydrogen-bond acceptors (Lipinski definition) is 5. The molecule has 5 nitrogen and oxygen atoms in total. The van der Waals surface area contributed by atoms with E-state index in [2.05, 4.69) is 41.8 Å². The predicted molar refractivity (Wildman–Crippen MR) is 126 cm³/mol. The van der Waals surface area contributed by atoms with E-state index in [4.69, 9.17) is 4.74 Å². The second-order valence-electron chi connectivity index (χ2n) is 8.48. The van der Waals surface area contributed by atoms with Crippen LogP contribution in [0.25, 0.3) is 0 Å². The van der Waals surface area contributed by atoms with Crippen molar-refractivity contribution in [3.8, 4) is 11.5 Å². The van der Waals surface area contributed by atoms with Crippen LogP contribution < -0.4 is 15.4 Å². The molecule has 0 fully saturated rings. The number of hydrogen-bond donors (Lipinski definition) is 3. The summed E-state index contributed by atoms with van der Waals surface area (Å²) in [6.07, 6.45) is 1.16. The van der Waals surface area contributed by atoms with Gasteiger partial charge in [0, 0.05) is 23.3 Å². The maximum Gasteiger partial charge on any atom is 0.163 e. The number of aromatic hydroxyl groups is 1. The molecule has 0 saturated carbocycles. The van der Waals surface area contributed by atoms with Crippen LogP contribution in [-0.2, 0) is 4.79 Å². The second kappa shape index (κ2) is 8.08. The number of carbonyl (C=O) groups excluding carboxylic acids is 1. The third-order valence-corrected chi connectivity index (χ3v) is 6.42. The SMILES string of the molecule is COc1cccc(C2Nc3ccccc3NC3=C2C(=O)CC(c2ccc(C)cc2)C3)c1O. The molecule has 0 bridgehead atoms. The van der Waals surface area contributed by atoms with E-state index in [9.17, 15) is 9.90 Å². The summed E-state index contributed by atoms with van der Waals surface area (Å²) in [5.74, 6) is 0.626. The lowest BCUT2D eigenvalue weighted by Gasteiger charge is -2.30. The zero-order chi connectivity index (χ0) is 22.2. The van der Waals surface area contributed by atoms with Crippen molar-refractivity contribution in [3.05, 3.63) is 94.7 Å². The summed E-state index contributed by atoms with van der Waals surface area (Å²) in [6, 6.07) is 21.2. The number of aryl methyl sites for hydroxylation is 1. The van der Waals surface area contributed by atoms with Crippen LogP contribution in [0.15, 0.2) is 78.0 Å². The summed E-state index contributed by atoms with van der Waals surface area (Å²) >= 11 is 0. The zero-order valence-electron chi connectivity index (χ0n) is 18.2. The van der Waals surface area contributed by atoms with Gasteiger partial charge in [-0.15, -0.1) is 0 Å². The molecule has 1 aliphatic heterocycles. The van der Waals surface area contributed by atoms with E-state index in [1.807, 2.05) is 36.4 Å². The molecule has 3 aromatic rings. The van der Waals surface area contributed by atoms with Gasteiger partial charge < -0.3 is 20.5 Å². The molecule has 0 amide bonds. The number of nitrogens with one attached hydrogen (secondary N) is 2. The van der Waals surface area contributed by atoms with Crippen LogP contribution in [0.3, 0.4) is 0 Å². The number of anilines is 2. The highest BCUT2D eigenvalue weighted by Gasteiger charge is 2.37. The fourth-order valence-electron chi connectivity index (χ4n) is 4.74. The highest BCUT2D eigenvalue weighted by Crippen LogP contribution is 2.46. The van der Waals surface area contributed by atoms with E-state index >= 15 is 0 Å². The number of ether oxygens (including phenoxy) is 1. The number of allylic oxidation sites excluding steroid dienone is 1. The molecule has 162 valence electrons. The first-order valence-corrected chi connectivity index (χ1v) is 10.9. The molecule has 0 radical (unpaired) electrons. The quantitative estimate of drug-likeness (QED) is 0.502. The molecule has 0 saturated heterocycles.